The van der Waals surface area contributed by atoms with Crippen LogP contribution in [0.25, 0.3) is 0 Å². The van der Waals surface area contributed by atoms with E-state index < -0.39 is 0 Å². The first-order chi connectivity index (χ1) is 11.3. The van der Waals surface area contributed by atoms with Crippen LogP contribution in [0.15, 0.2) is 30.6 Å². The summed E-state index contributed by atoms with van der Waals surface area (Å²) >= 11 is 1.99. The molecule has 23 heavy (non-hydrogen) atoms. The van der Waals surface area contributed by atoms with Gasteiger partial charge in [-0.05, 0) is 36.1 Å². The molecule has 2 aromatic rings. The van der Waals surface area contributed by atoms with E-state index in [-0.39, 0.29) is 11.9 Å². The summed E-state index contributed by atoms with van der Waals surface area (Å²) in [5.41, 5.74) is 2.28. The number of hydrogen-bond acceptors (Lipinski definition) is 5. The number of benzene rings is 1. The maximum absolute atomic E-state index is 13.3. The Morgan fingerprint density at radius 1 is 1.17 bits per heavy atom. The molecule has 1 fully saturated rings. The van der Waals surface area contributed by atoms with Crippen molar-refractivity contribution in [3.05, 3.63) is 47.5 Å². The van der Waals surface area contributed by atoms with Crippen LogP contribution in [0.2, 0.25) is 0 Å². The second-order valence-corrected chi connectivity index (χ2v) is 7.16. The first-order valence-corrected chi connectivity index (χ1v) is 9.15. The van der Waals surface area contributed by atoms with E-state index >= 15 is 0 Å². The van der Waals surface area contributed by atoms with Crippen LogP contribution >= 0.6 is 11.8 Å². The van der Waals surface area contributed by atoms with Gasteiger partial charge in [-0.2, -0.15) is 11.8 Å². The number of aromatic nitrogens is 2. The molecule has 6 heteroatoms. The van der Waals surface area contributed by atoms with Gasteiger partial charge in [0.05, 0.1) is 6.04 Å². The molecule has 0 bridgehead atoms. The third kappa shape index (κ3) is 3.13. The van der Waals surface area contributed by atoms with E-state index in [1.807, 2.05) is 23.9 Å². The zero-order valence-electron chi connectivity index (χ0n) is 12.8. The van der Waals surface area contributed by atoms with Crippen molar-refractivity contribution in [1.29, 1.82) is 0 Å². The third-order valence-corrected chi connectivity index (χ3v) is 5.44. The van der Waals surface area contributed by atoms with Gasteiger partial charge in [0.25, 0.3) is 0 Å². The molecule has 2 aliphatic rings. The van der Waals surface area contributed by atoms with Crippen molar-refractivity contribution in [2.45, 2.75) is 18.9 Å². The smallest absolute Gasteiger partial charge is 0.134 e. The van der Waals surface area contributed by atoms with Crippen LogP contribution < -0.4 is 10.2 Å². The monoisotopic (exact) mass is 330 g/mol. The van der Waals surface area contributed by atoms with Gasteiger partial charge in [-0.15, -0.1) is 0 Å². The van der Waals surface area contributed by atoms with Crippen molar-refractivity contribution in [3.63, 3.8) is 0 Å². The quantitative estimate of drug-likeness (QED) is 0.935. The summed E-state index contributed by atoms with van der Waals surface area (Å²) in [5.74, 6) is 3.97. The van der Waals surface area contributed by atoms with Crippen LogP contribution in [0, 0.1) is 5.82 Å². The standard InChI is InChI=1S/C17H19FN4S/c18-13-2-3-14-12(9-13)1-4-15(14)21-16-10-17(20-11-19-16)22-5-7-23-8-6-22/h2-3,9-11,15H,1,4-8H2,(H,19,20,21). The number of anilines is 2. The molecule has 120 valence electrons. The van der Waals surface area contributed by atoms with Crippen LogP contribution in [0.5, 0.6) is 0 Å². The molecule has 1 unspecified atom stereocenters. The SMILES string of the molecule is Fc1ccc2c(c1)CCC2Nc1cc(N2CCSCC2)ncn1. The topological polar surface area (TPSA) is 41.0 Å². The average Bonchev–Trinajstić information content (AvgIpc) is 2.98. The van der Waals surface area contributed by atoms with Crippen LogP contribution in [-0.4, -0.2) is 34.6 Å². The Bertz CT molecular complexity index is 703. The van der Waals surface area contributed by atoms with Gasteiger partial charge in [0, 0.05) is 30.7 Å². The maximum Gasteiger partial charge on any atom is 0.134 e. The molecule has 1 aromatic carbocycles. The fourth-order valence-corrected chi connectivity index (χ4v) is 4.21. The van der Waals surface area contributed by atoms with Crippen molar-refractivity contribution in [1.82, 2.24) is 9.97 Å². The van der Waals surface area contributed by atoms with E-state index in [1.54, 1.807) is 12.4 Å². The normalized spacial score (nSPS) is 20.4. The van der Waals surface area contributed by atoms with Crippen LogP contribution in [0.1, 0.15) is 23.6 Å². The van der Waals surface area contributed by atoms with Gasteiger partial charge < -0.3 is 10.2 Å². The van der Waals surface area contributed by atoms with Crippen LogP contribution in [0.3, 0.4) is 0 Å². The van der Waals surface area contributed by atoms with Crippen molar-refractivity contribution < 1.29 is 4.39 Å². The number of hydrogen-bond donors (Lipinski definition) is 1. The summed E-state index contributed by atoms with van der Waals surface area (Å²) < 4.78 is 13.3. The van der Waals surface area contributed by atoms with Crippen molar-refractivity contribution in [2.24, 2.45) is 0 Å². The number of halogens is 1. The van der Waals surface area contributed by atoms with E-state index in [1.165, 1.54) is 11.6 Å². The number of nitrogens with one attached hydrogen (secondary N) is 1. The average molecular weight is 330 g/mol. The molecule has 2 heterocycles. The van der Waals surface area contributed by atoms with E-state index in [2.05, 4.69) is 20.2 Å². The van der Waals surface area contributed by atoms with E-state index in [0.29, 0.717) is 0 Å². The lowest BCUT2D eigenvalue weighted by Crippen LogP contribution is -2.33. The molecule has 0 radical (unpaired) electrons. The minimum absolute atomic E-state index is 0.156. The zero-order chi connectivity index (χ0) is 15.6. The predicted molar refractivity (Wildman–Crippen MR) is 92.7 cm³/mol. The van der Waals surface area contributed by atoms with Gasteiger partial charge in [0.1, 0.15) is 23.8 Å². The fraction of sp³-hybridized carbons (Fsp3) is 0.412. The van der Waals surface area contributed by atoms with Crippen molar-refractivity contribution >= 4 is 23.4 Å². The van der Waals surface area contributed by atoms with Gasteiger partial charge >= 0.3 is 0 Å². The molecular weight excluding hydrogens is 311 g/mol. The highest BCUT2D eigenvalue weighted by Crippen LogP contribution is 2.34. The summed E-state index contributed by atoms with van der Waals surface area (Å²) in [7, 11) is 0. The minimum Gasteiger partial charge on any atom is -0.363 e. The van der Waals surface area contributed by atoms with Crippen molar-refractivity contribution in [3.8, 4) is 0 Å². The lowest BCUT2D eigenvalue weighted by atomic mass is 10.1. The van der Waals surface area contributed by atoms with Gasteiger partial charge in [0.15, 0.2) is 0 Å². The molecule has 1 N–H and O–H groups in total. The molecule has 4 rings (SSSR count). The van der Waals surface area contributed by atoms with Crippen LogP contribution in [-0.2, 0) is 6.42 Å². The second kappa shape index (κ2) is 6.35. The molecular formula is C17H19FN4S. The number of aryl methyl sites for hydroxylation is 1. The Hall–Kier alpha value is -1.82. The largest absolute Gasteiger partial charge is 0.363 e. The summed E-state index contributed by atoms with van der Waals surface area (Å²) in [5, 5.41) is 3.49. The molecule has 1 aliphatic carbocycles. The Kier molecular flexibility index (Phi) is 4.08. The Morgan fingerprint density at radius 3 is 2.91 bits per heavy atom. The third-order valence-electron chi connectivity index (χ3n) is 4.49. The molecule has 1 aromatic heterocycles. The van der Waals surface area contributed by atoms with Crippen LogP contribution in [0.4, 0.5) is 16.0 Å². The zero-order valence-corrected chi connectivity index (χ0v) is 13.7. The predicted octanol–water partition coefficient (Wildman–Crippen LogP) is 3.27. The van der Waals surface area contributed by atoms with E-state index in [4.69, 9.17) is 0 Å². The maximum atomic E-state index is 13.3. The highest BCUT2D eigenvalue weighted by atomic mass is 32.2. The molecule has 0 saturated carbocycles. The molecule has 4 nitrogen and oxygen atoms in total. The molecule has 0 amide bonds. The number of rotatable bonds is 3. The minimum atomic E-state index is -0.156. The fourth-order valence-electron chi connectivity index (χ4n) is 3.31. The highest BCUT2D eigenvalue weighted by molar-refractivity contribution is 7.99. The summed E-state index contributed by atoms with van der Waals surface area (Å²) in [6.07, 6.45) is 3.50. The van der Waals surface area contributed by atoms with Gasteiger partial charge in [-0.1, -0.05) is 6.07 Å². The lowest BCUT2D eigenvalue weighted by molar-refractivity contribution is 0.626. The summed E-state index contributed by atoms with van der Waals surface area (Å²) in [4.78, 5) is 11.1. The molecule has 1 aliphatic heterocycles. The second-order valence-electron chi connectivity index (χ2n) is 5.94. The number of thioether (sulfide) groups is 1. The van der Waals surface area contributed by atoms with E-state index in [9.17, 15) is 4.39 Å². The first-order valence-electron chi connectivity index (χ1n) is 7.99. The lowest BCUT2D eigenvalue weighted by Gasteiger charge is -2.27. The molecule has 1 atom stereocenters. The van der Waals surface area contributed by atoms with Gasteiger partial charge in [-0.25, -0.2) is 14.4 Å². The van der Waals surface area contributed by atoms with Gasteiger partial charge in [-0.3, -0.25) is 0 Å². The highest BCUT2D eigenvalue weighted by Gasteiger charge is 2.23. The van der Waals surface area contributed by atoms with Crippen molar-refractivity contribution in [2.75, 3.05) is 34.8 Å². The molecule has 0 spiro atoms. The number of nitrogens with zero attached hydrogens (tertiary/aromatic N) is 3. The van der Waals surface area contributed by atoms with E-state index in [0.717, 1.165) is 54.6 Å². The summed E-state index contributed by atoms with van der Waals surface area (Å²) in [6, 6.07) is 7.30. The Balaban J connectivity index is 1.52. The Morgan fingerprint density at radius 2 is 2.04 bits per heavy atom. The molecule has 1 saturated heterocycles. The first kappa shape index (κ1) is 14.8. The Labute approximate surface area is 139 Å². The summed E-state index contributed by atoms with van der Waals surface area (Å²) in [6.45, 7) is 2.07. The number of fused-ring (bicyclic) bond motifs is 1. The van der Waals surface area contributed by atoms with Gasteiger partial charge in [0.2, 0.25) is 0 Å².